The van der Waals surface area contributed by atoms with Crippen molar-refractivity contribution >= 4 is 29.0 Å². The highest BCUT2D eigenvalue weighted by Gasteiger charge is 2.23. The summed E-state index contributed by atoms with van der Waals surface area (Å²) in [6, 6.07) is 8.36. The van der Waals surface area contributed by atoms with E-state index in [0.717, 1.165) is 5.56 Å². The minimum atomic E-state index is -0.684. The monoisotopic (exact) mass is 431 g/mol. The summed E-state index contributed by atoms with van der Waals surface area (Å²) in [6.07, 6.45) is 0.276. The third-order valence-corrected chi connectivity index (χ3v) is 4.89. The maximum absolute atomic E-state index is 13.4. The van der Waals surface area contributed by atoms with Crippen LogP contribution in [-0.4, -0.2) is 20.3 Å². The maximum Gasteiger partial charge on any atom is 0.329 e. The molecule has 150 valence electrons. The Bertz CT molecular complexity index is 1190. The van der Waals surface area contributed by atoms with Gasteiger partial charge in [0.05, 0.1) is 6.54 Å². The molecule has 0 spiro atoms. The third kappa shape index (κ3) is 4.49. The standard InChI is InChI=1S/C21H19Cl2N3O3/c1-4-16-18(19(27)17-6-11(2)5-12(3)24-17)26(21(29)25-20(16)28)10-13-7-14(22)9-15(23)8-13/h5-9H,4,10H2,1-3H3,(H,25,28,29). The lowest BCUT2D eigenvalue weighted by Gasteiger charge is -2.15. The molecule has 0 unspecified atom stereocenters. The lowest BCUT2D eigenvalue weighted by atomic mass is 10.0. The van der Waals surface area contributed by atoms with E-state index in [-0.39, 0.29) is 29.9 Å². The van der Waals surface area contributed by atoms with Crippen molar-refractivity contribution < 1.29 is 4.79 Å². The number of H-pyrrole nitrogens is 1. The highest BCUT2D eigenvalue weighted by atomic mass is 35.5. The van der Waals surface area contributed by atoms with Crippen LogP contribution in [0.5, 0.6) is 0 Å². The summed E-state index contributed by atoms with van der Waals surface area (Å²) in [7, 11) is 0. The van der Waals surface area contributed by atoms with Crippen molar-refractivity contribution in [2.24, 2.45) is 0 Å². The van der Waals surface area contributed by atoms with Crippen LogP contribution < -0.4 is 11.2 Å². The van der Waals surface area contributed by atoms with Crippen molar-refractivity contribution in [2.75, 3.05) is 0 Å². The molecule has 0 fully saturated rings. The van der Waals surface area contributed by atoms with E-state index < -0.39 is 17.0 Å². The summed E-state index contributed by atoms with van der Waals surface area (Å²) in [5, 5.41) is 0.814. The molecule has 29 heavy (non-hydrogen) atoms. The van der Waals surface area contributed by atoms with Gasteiger partial charge in [-0.3, -0.25) is 19.1 Å². The van der Waals surface area contributed by atoms with Crippen LogP contribution in [0.15, 0.2) is 39.9 Å². The number of nitrogens with one attached hydrogen (secondary N) is 1. The molecule has 0 saturated heterocycles. The Morgan fingerprint density at radius 3 is 2.31 bits per heavy atom. The molecule has 1 N–H and O–H groups in total. The van der Waals surface area contributed by atoms with E-state index in [2.05, 4.69) is 9.97 Å². The normalized spacial score (nSPS) is 10.9. The average molecular weight is 432 g/mol. The molecule has 6 nitrogen and oxygen atoms in total. The van der Waals surface area contributed by atoms with E-state index >= 15 is 0 Å². The number of aryl methyl sites for hydroxylation is 2. The van der Waals surface area contributed by atoms with E-state index in [4.69, 9.17) is 23.2 Å². The predicted molar refractivity (Wildman–Crippen MR) is 113 cm³/mol. The molecule has 2 heterocycles. The van der Waals surface area contributed by atoms with Gasteiger partial charge in [-0.05, 0) is 61.7 Å². The van der Waals surface area contributed by atoms with Gasteiger partial charge in [0, 0.05) is 21.3 Å². The lowest BCUT2D eigenvalue weighted by molar-refractivity contribution is 0.102. The van der Waals surface area contributed by atoms with E-state index in [0.29, 0.717) is 21.3 Å². The molecule has 0 radical (unpaired) electrons. The molecular formula is C21H19Cl2N3O3. The number of carbonyl (C=O) groups excluding carboxylic acids is 1. The molecule has 3 aromatic rings. The second-order valence-corrected chi connectivity index (χ2v) is 7.68. The lowest BCUT2D eigenvalue weighted by Crippen LogP contribution is -2.37. The van der Waals surface area contributed by atoms with Crippen molar-refractivity contribution in [3.05, 3.63) is 95.0 Å². The predicted octanol–water partition coefficient (Wildman–Crippen LogP) is 3.70. The van der Waals surface area contributed by atoms with Crippen molar-refractivity contribution in [1.29, 1.82) is 0 Å². The minimum absolute atomic E-state index is 0.0226. The zero-order valence-electron chi connectivity index (χ0n) is 16.2. The number of nitrogens with zero attached hydrogens (tertiary/aromatic N) is 2. The quantitative estimate of drug-likeness (QED) is 0.624. The Morgan fingerprint density at radius 1 is 1.07 bits per heavy atom. The van der Waals surface area contributed by atoms with Crippen LogP contribution in [0.2, 0.25) is 10.0 Å². The van der Waals surface area contributed by atoms with Crippen molar-refractivity contribution in [3.63, 3.8) is 0 Å². The smallest absolute Gasteiger partial charge is 0.285 e. The van der Waals surface area contributed by atoms with Gasteiger partial charge in [-0.1, -0.05) is 30.1 Å². The molecule has 3 rings (SSSR count). The van der Waals surface area contributed by atoms with Crippen LogP contribution in [0.4, 0.5) is 0 Å². The zero-order chi connectivity index (χ0) is 21.3. The summed E-state index contributed by atoms with van der Waals surface area (Å²) in [5.74, 6) is -0.482. The number of rotatable bonds is 5. The summed E-state index contributed by atoms with van der Waals surface area (Å²) >= 11 is 12.1. The number of halogens is 2. The summed E-state index contributed by atoms with van der Waals surface area (Å²) in [5.41, 5.74) is 1.33. The molecule has 0 saturated carbocycles. The SMILES string of the molecule is CCc1c(C(=O)c2cc(C)cc(C)n2)n(Cc2cc(Cl)cc(Cl)c2)c(=O)[nH]c1=O. The first kappa shape index (κ1) is 21.0. The molecule has 0 aliphatic carbocycles. The fraction of sp³-hybridized carbons (Fsp3) is 0.238. The summed E-state index contributed by atoms with van der Waals surface area (Å²) in [6.45, 7) is 5.41. The second kappa shape index (κ2) is 8.35. The Morgan fingerprint density at radius 2 is 1.72 bits per heavy atom. The highest BCUT2D eigenvalue weighted by Crippen LogP contribution is 2.21. The number of aromatic nitrogens is 3. The van der Waals surface area contributed by atoms with Gasteiger partial charge in [0.15, 0.2) is 0 Å². The number of ketones is 1. The molecule has 0 aliphatic rings. The first-order valence-corrected chi connectivity index (χ1v) is 9.76. The summed E-state index contributed by atoms with van der Waals surface area (Å²) in [4.78, 5) is 45.0. The zero-order valence-corrected chi connectivity index (χ0v) is 17.7. The van der Waals surface area contributed by atoms with Crippen LogP contribution in [0.25, 0.3) is 0 Å². The number of pyridine rings is 1. The van der Waals surface area contributed by atoms with Crippen molar-refractivity contribution in [3.8, 4) is 0 Å². The van der Waals surface area contributed by atoms with Crippen LogP contribution in [0, 0.1) is 13.8 Å². The van der Waals surface area contributed by atoms with Crippen molar-refractivity contribution in [2.45, 2.75) is 33.7 Å². The molecule has 2 aromatic heterocycles. The molecule has 0 amide bonds. The van der Waals surface area contributed by atoms with Gasteiger partial charge >= 0.3 is 5.69 Å². The molecular weight excluding hydrogens is 413 g/mol. The molecule has 0 bridgehead atoms. The average Bonchev–Trinajstić information content (AvgIpc) is 2.61. The van der Waals surface area contributed by atoms with Gasteiger partial charge in [-0.15, -0.1) is 0 Å². The van der Waals surface area contributed by atoms with Gasteiger partial charge in [0.25, 0.3) is 5.56 Å². The molecule has 0 aliphatic heterocycles. The van der Waals surface area contributed by atoms with Gasteiger partial charge < -0.3 is 0 Å². The first-order valence-electron chi connectivity index (χ1n) is 9.00. The highest BCUT2D eigenvalue weighted by molar-refractivity contribution is 6.34. The topological polar surface area (TPSA) is 84.8 Å². The number of aromatic amines is 1. The first-order chi connectivity index (χ1) is 13.7. The summed E-state index contributed by atoms with van der Waals surface area (Å²) < 4.78 is 1.24. The van der Waals surface area contributed by atoms with E-state index in [9.17, 15) is 14.4 Å². The molecule has 8 heteroatoms. The fourth-order valence-corrected chi connectivity index (χ4v) is 3.89. The Labute approximate surface area is 177 Å². The molecule has 0 atom stereocenters. The van der Waals surface area contributed by atoms with E-state index in [1.165, 1.54) is 4.57 Å². The Kier molecular flexibility index (Phi) is 6.05. The van der Waals surface area contributed by atoms with Crippen LogP contribution in [0.3, 0.4) is 0 Å². The van der Waals surface area contributed by atoms with Gasteiger partial charge in [-0.2, -0.15) is 0 Å². The van der Waals surface area contributed by atoms with Crippen molar-refractivity contribution in [1.82, 2.24) is 14.5 Å². The van der Waals surface area contributed by atoms with Crippen LogP contribution in [-0.2, 0) is 13.0 Å². The van der Waals surface area contributed by atoms with Gasteiger partial charge in [0.1, 0.15) is 11.4 Å². The number of carbonyl (C=O) groups is 1. The maximum atomic E-state index is 13.4. The van der Waals surface area contributed by atoms with E-state index in [1.807, 2.05) is 13.0 Å². The largest absolute Gasteiger partial charge is 0.329 e. The Hall–Kier alpha value is -2.70. The van der Waals surface area contributed by atoms with Crippen LogP contribution >= 0.6 is 23.2 Å². The fourth-order valence-electron chi connectivity index (χ4n) is 3.31. The number of benzene rings is 1. The minimum Gasteiger partial charge on any atom is -0.285 e. The Balaban J connectivity index is 2.25. The number of hydrogen-bond donors (Lipinski definition) is 1. The van der Waals surface area contributed by atoms with Gasteiger partial charge in [-0.25, -0.2) is 9.78 Å². The van der Waals surface area contributed by atoms with Gasteiger partial charge in [0.2, 0.25) is 5.78 Å². The number of hydrogen-bond acceptors (Lipinski definition) is 4. The second-order valence-electron chi connectivity index (χ2n) is 6.80. The van der Waals surface area contributed by atoms with Crippen LogP contribution in [0.1, 0.15) is 45.5 Å². The van der Waals surface area contributed by atoms with E-state index in [1.54, 1.807) is 38.1 Å². The molecule has 1 aromatic carbocycles. The third-order valence-electron chi connectivity index (χ3n) is 4.46.